The van der Waals surface area contributed by atoms with E-state index in [0.29, 0.717) is 0 Å². The number of allylic oxidation sites excluding steroid dienone is 1. The monoisotopic (exact) mass is 197 g/mol. The van der Waals surface area contributed by atoms with Gasteiger partial charge in [0.1, 0.15) is 0 Å². The van der Waals surface area contributed by atoms with Crippen LogP contribution in [0.3, 0.4) is 0 Å². The lowest BCUT2D eigenvalue weighted by atomic mass is 10.1. The summed E-state index contributed by atoms with van der Waals surface area (Å²) in [4.78, 5) is 0. The summed E-state index contributed by atoms with van der Waals surface area (Å²) in [6, 6.07) is 0.216. The van der Waals surface area contributed by atoms with Crippen LogP contribution in [-0.4, -0.2) is 15.3 Å². The summed E-state index contributed by atoms with van der Waals surface area (Å²) in [7, 11) is 0. The minimum Gasteiger partial charge on any atom is -0.306 e. The minimum atomic E-state index is 0.216. The summed E-state index contributed by atoms with van der Waals surface area (Å²) in [6.45, 7) is 7.20. The molecule has 0 bridgehead atoms. The van der Waals surface area contributed by atoms with Crippen molar-refractivity contribution in [2.45, 2.75) is 26.8 Å². The van der Waals surface area contributed by atoms with E-state index in [2.05, 4.69) is 40.9 Å². The predicted octanol–water partition coefficient (Wildman–Crippen LogP) is 2.15. The first-order valence-electron chi connectivity index (χ1n) is 4.40. The quantitative estimate of drug-likeness (QED) is 0.752. The number of likely N-dealkylation sites (N-methyl/N-ethyl adjacent to an activating group) is 1. The molecule has 0 amide bonds. The molecule has 4 heteroatoms. The fourth-order valence-corrected chi connectivity index (χ4v) is 1.57. The maximum Gasteiger partial charge on any atom is 0.0951 e. The van der Waals surface area contributed by atoms with E-state index < -0.39 is 0 Å². The molecular formula is C9H15N3S. The van der Waals surface area contributed by atoms with E-state index in [1.54, 1.807) is 0 Å². The van der Waals surface area contributed by atoms with Gasteiger partial charge in [0.05, 0.1) is 29.7 Å². The highest BCUT2D eigenvalue weighted by atomic mass is 32.1. The van der Waals surface area contributed by atoms with Crippen LogP contribution >= 0.6 is 11.7 Å². The largest absolute Gasteiger partial charge is 0.306 e. The lowest BCUT2D eigenvalue weighted by molar-refractivity contribution is 0.634. The summed E-state index contributed by atoms with van der Waals surface area (Å²) in [5.41, 5.74) is 2.30. The third-order valence-electron chi connectivity index (χ3n) is 1.62. The molecule has 0 aliphatic rings. The van der Waals surface area contributed by atoms with E-state index in [4.69, 9.17) is 0 Å². The van der Waals surface area contributed by atoms with Crippen LogP contribution in [0.1, 0.15) is 32.5 Å². The maximum absolute atomic E-state index is 4.21. The molecular weight excluding hydrogens is 182 g/mol. The molecule has 13 heavy (non-hydrogen) atoms. The zero-order chi connectivity index (χ0) is 9.68. The highest BCUT2D eigenvalue weighted by molar-refractivity contribution is 6.99. The molecule has 1 aromatic rings. The van der Waals surface area contributed by atoms with Crippen LogP contribution in [0.4, 0.5) is 0 Å². The van der Waals surface area contributed by atoms with Gasteiger partial charge in [0.25, 0.3) is 0 Å². The Balaban J connectivity index is 2.74. The van der Waals surface area contributed by atoms with E-state index in [1.807, 2.05) is 6.20 Å². The van der Waals surface area contributed by atoms with Gasteiger partial charge in [-0.25, -0.2) is 0 Å². The zero-order valence-electron chi connectivity index (χ0n) is 8.24. The first-order chi connectivity index (χ1) is 6.24. The molecule has 0 radical (unpaired) electrons. The van der Waals surface area contributed by atoms with Crippen LogP contribution in [0.5, 0.6) is 0 Å². The van der Waals surface area contributed by atoms with E-state index in [-0.39, 0.29) is 6.04 Å². The number of rotatable bonds is 4. The molecule has 0 spiro atoms. The molecule has 1 N–H and O–H groups in total. The van der Waals surface area contributed by atoms with Gasteiger partial charge < -0.3 is 5.32 Å². The molecule has 0 aliphatic heterocycles. The van der Waals surface area contributed by atoms with Gasteiger partial charge in [-0.15, -0.1) is 0 Å². The van der Waals surface area contributed by atoms with Crippen LogP contribution in [0.15, 0.2) is 17.8 Å². The third kappa shape index (κ3) is 3.24. The fourth-order valence-electron chi connectivity index (χ4n) is 1.11. The molecule has 1 unspecified atom stereocenters. The lowest BCUT2D eigenvalue weighted by Crippen LogP contribution is -2.19. The maximum atomic E-state index is 4.21. The summed E-state index contributed by atoms with van der Waals surface area (Å²) in [5.74, 6) is 0. The molecule has 0 aromatic carbocycles. The Morgan fingerprint density at radius 3 is 2.92 bits per heavy atom. The Hall–Kier alpha value is -0.740. The number of nitrogens with zero attached hydrogens (tertiary/aromatic N) is 2. The number of nitrogens with one attached hydrogen (secondary N) is 1. The molecule has 1 heterocycles. The van der Waals surface area contributed by atoms with Gasteiger partial charge >= 0.3 is 0 Å². The third-order valence-corrected chi connectivity index (χ3v) is 2.11. The molecule has 0 saturated carbocycles. The van der Waals surface area contributed by atoms with Gasteiger partial charge in [-0.05, 0) is 20.4 Å². The van der Waals surface area contributed by atoms with Crippen molar-refractivity contribution < 1.29 is 0 Å². The molecule has 72 valence electrons. The Morgan fingerprint density at radius 1 is 1.69 bits per heavy atom. The molecule has 1 atom stereocenters. The number of aromatic nitrogens is 2. The molecule has 3 nitrogen and oxygen atoms in total. The first kappa shape index (κ1) is 10.3. The van der Waals surface area contributed by atoms with Gasteiger partial charge in [-0.2, -0.15) is 8.75 Å². The van der Waals surface area contributed by atoms with Crippen molar-refractivity contribution in [2.24, 2.45) is 0 Å². The topological polar surface area (TPSA) is 37.8 Å². The van der Waals surface area contributed by atoms with Crippen LogP contribution < -0.4 is 5.32 Å². The molecule has 0 fully saturated rings. The average Bonchev–Trinajstić information content (AvgIpc) is 2.54. The summed E-state index contributed by atoms with van der Waals surface area (Å²) < 4.78 is 8.21. The normalized spacial score (nSPS) is 12.5. The predicted molar refractivity (Wildman–Crippen MR) is 55.8 cm³/mol. The van der Waals surface area contributed by atoms with E-state index in [1.165, 1.54) is 17.3 Å². The highest BCUT2D eigenvalue weighted by Crippen LogP contribution is 2.13. The second-order valence-electron chi connectivity index (χ2n) is 3.11. The number of hydrogen-bond acceptors (Lipinski definition) is 4. The highest BCUT2D eigenvalue weighted by Gasteiger charge is 2.08. The van der Waals surface area contributed by atoms with Crippen molar-refractivity contribution in [3.63, 3.8) is 0 Å². The van der Waals surface area contributed by atoms with E-state index >= 15 is 0 Å². The first-order valence-corrected chi connectivity index (χ1v) is 5.13. The van der Waals surface area contributed by atoms with Gasteiger partial charge in [0.15, 0.2) is 0 Å². The van der Waals surface area contributed by atoms with Crippen molar-refractivity contribution in [3.05, 3.63) is 23.5 Å². The van der Waals surface area contributed by atoms with Crippen LogP contribution in [0.2, 0.25) is 0 Å². The smallest absolute Gasteiger partial charge is 0.0951 e. The standard InChI is InChI=1S/C9H15N3S/c1-4-10-8(5-7(2)3)9-6-11-13-12-9/h5-6,8,10H,4H2,1-3H3. The van der Waals surface area contributed by atoms with Crippen molar-refractivity contribution in [2.75, 3.05) is 6.54 Å². The Bertz CT molecular complexity index is 262. The van der Waals surface area contributed by atoms with Crippen molar-refractivity contribution in [1.29, 1.82) is 0 Å². The van der Waals surface area contributed by atoms with Crippen molar-refractivity contribution in [1.82, 2.24) is 14.1 Å². The zero-order valence-corrected chi connectivity index (χ0v) is 9.06. The fraction of sp³-hybridized carbons (Fsp3) is 0.556. The second kappa shape index (κ2) is 5.09. The van der Waals surface area contributed by atoms with E-state index in [9.17, 15) is 0 Å². The van der Waals surface area contributed by atoms with Crippen molar-refractivity contribution in [3.8, 4) is 0 Å². The SMILES string of the molecule is CCNC(C=C(C)C)c1cnsn1. The summed E-state index contributed by atoms with van der Waals surface area (Å²) in [6.07, 6.45) is 3.98. The average molecular weight is 197 g/mol. The van der Waals surface area contributed by atoms with Gasteiger partial charge in [-0.1, -0.05) is 18.6 Å². The molecule has 0 aliphatic carbocycles. The Labute approximate surface area is 83.2 Å². The molecule has 0 saturated heterocycles. The van der Waals surface area contributed by atoms with Gasteiger partial charge in [0.2, 0.25) is 0 Å². The second-order valence-corrected chi connectivity index (χ2v) is 3.67. The van der Waals surface area contributed by atoms with Gasteiger partial charge in [0, 0.05) is 0 Å². The van der Waals surface area contributed by atoms with Crippen LogP contribution in [0.25, 0.3) is 0 Å². The minimum absolute atomic E-state index is 0.216. The van der Waals surface area contributed by atoms with Crippen LogP contribution in [-0.2, 0) is 0 Å². The molecule has 1 aromatic heterocycles. The Kier molecular flexibility index (Phi) is 4.05. The molecule has 1 rings (SSSR count). The summed E-state index contributed by atoms with van der Waals surface area (Å²) in [5, 5.41) is 3.34. The lowest BCUT2D eigenvalue weighted by Gasteiger charge is -2.10. The van der Waals surface area contributed by atoms with Gasteiger partial charge in [-0.3, -0.25) is 0 Å². The van der Waals surface area contributed by atoms with Crippen molar-refractivity contribution >= 4 is 11.7 Å². The summed E-state index contributed by atoms with van der Waals surface area (Å²) >= 11 is 1.25. The van der Waals surface area contributed by atoms with Crippen LogP contribution in [0, 0.1) is 0 Å². The number of hydrogen-bond donors (Lipinski definition) is 1. The Morgan fingerprint density at radius 2 is 2.46 bits per heavy atom. The van der Waals surface area contributed by atoms with E-state index in [0.717, 1.165) is 12.2 Å².